The Labute approximate surface area is 155 Å². The van der Waals surface area contributed by atoms with Crippen LogP contribution in [0.4, 0.5) is 10.1 Å². The summed E-state index contributed by atoms with van der Waals surface area (Å²) < 4.78 is 28.9. The largest absolute Gasteiger partial charge is 0.493 e. The summed E-state index contributed by atoms with van der Waals surface area (Å²) in [6, 6.07) is 7.71. The van der Waals surface area contributed by atoms with Gasteiger partial charge in [0.05, 0.1) is 18.6 Å². The van der Waals surface area contributed by atoms with Crippen molar-refractivity contribution >= 4 is 17.7 Å². The minimum absolute atomic E-state index is 0.462. The van der Waals surface area contributed by atoms with Gasteiger partial charge in [0.1, 0.15) is 5.82 Å². The second-order valence-corrected chi connectivity index (χ2v) is 5.38. The number of hydrogen-bond donors (Lipinski definition) is 0. The quantitative estimate of drug-likeness (QED) is 0.226. The van der Waals surface area contributed by atoms with E-state index in [0.29, 0.717) is 23.7 Å². The molecule has 0 saturated heterocycles. The van der Waals surface area contributed by atoms with Gasteiger partial charge in [-0.15, -0.1) is 0 Å². The normalized spacial score (nSPS) is 10.6. The number of halogens is 1. The number of carbonyl (C=O) groups excluding carboxylic acids is 1. The molecule has 0 fully saturated rings. The zero-order chi connectivity index (χ0) is 19.8. The lowest BCUT2D eigenvalue weighted by Gasteiger charge is -2.10. The molecular formula is C19H18FNO6. The van der Waals surface area contributed by atoms with Crippen molar-refractivity contribution < 1.29 is 28.3 Å². The SMILES string of the molecule is CCCOc1ccc(C=CC(=O)Oc2cc(F)ccc2[N+](=O)[O-])cc1OC. The third-order valence-corrected chi connectivity index (χ3v) is 3.39. The molecular weight excluding hydrogens is 357 g/mol. The van der Waals surface area contributed by atoms with Crippen molar-refractivity contribution in [1.82, 2.24) is 0 Å². The van der Waals surface area contributed by atoms with Crippen LogP contribution >= 0.6 is 0 Å². The minimum atomic E-state index is -0.881. The lowest BCUT2D eigenvalue weighted by molar-refractivity contribution is -0.385. The fourth-order valence-electron chi connectivity index (χ4n) is 2.15. The van der Waals surface area contributed by atoms with Gasteiger partial charge in [0.25, 0.3) is 0 Å². The summed E-state index contributed by atoms with van der Waals surface area (Å²) in [5, 5.41) is 10.9. The van der Waals surface area contributed by atoms with Crippen LogP contribution in [-0.4, -0.2) is 24.6 Å². The average molecular weight is 375 g/mol. The molecule has 0 amide bonds. The van der Waals surface area contributed by atoms with Crippen molar-refractivity contribution in [3.63, 3.8) is 0 Å². The molecule has 0 heterocycles. The highest BCUT2D eigenvalue weighted by atomic mass is 19.1. The lowest BCUT2D eigenvalue weighted by Crippen LogP contribution is -2.06. The Morgan fingerprint density at radius 2 is 1.96 bits per heavy atom. The van der Waals surface area contributed by atoms with Crippen molar-refractivity contribution in [3.05, 3.63) is 64.0 Å². The molecule has 27 heavy (non-hydrogen) atoms. The van der Waals surface area contributed by atoms with Crippen LogP contribution in [0.25, 0.3) is 6.08 Å². The molecule has 0 aromatic heterocycles. The molecule has 0 saturated carbocycles. The smallest absolute Gasteiger partial charge is 0.336 e. The molecule has 0 unspecified atom stereocenters. The van der Waals surface area contributed by atoms with Gasteiger partial charge in [0, 0.05) is 18.2 Å². The minimum Gasteiger partial charge on any atom is -0.493 e. The monoisotopic (exact) mass is 375 g/mol. The molecule has 0 aliphatic rings. The molecule has 0 N–H and O–H groups in total. The van der Waals surface area contributed by atoms with E-state index in [0.717, 1.165) is 30.7 Å². The van der Waals surface area contributed by atoms with Gasteiger partial charge in [-0.2, -0.15) is 0 Å². The third-order valence-electron chi connectivity index (χ3n) is 3.39. The Morgan fingerprint density at radius 1 is 1.19 bits per heavy atom. The van der Waals surface area contributed by atoms with E-state index in [4.69, 9.17) is 14.2 Å². The van der Waals surface area contributed by atoms with Crippen molar-refractivity contribution in [1.29, 1.82) is 0 Å². The fraction of sp³-hybridized carbons (Fsp3) is 0.211. The number of nitro groups is 1. The Bertz CT molecular complexity index is 865. The van der Waals surface area contributed by atoms with Crippen LogP contribution in [-0.2, 0) is 4.79 Å². The number of ether oxygens (including phenoxy) is 3. The first-order valence-electron chi connectivity index (χ1n) is 8.09. The summed E-state index contributed by atoms with van der Waals surface area (Å²) in [6.45, 7) is 2.53. The molecule has 2 aromatic rings. The Hall–Kier alpha value is -3.42. The summed E-state index contributed by atoms with van der Waals surface area (Å²) in [4.78, 5) is 22.1. The van der Waals surface area contributed by atoms with Crippen LogP contribution in [0, 0.1) is 15.9 Å². The molecule has 0 radical (unpaired) electrons. The summed E-state index contributed by atoms with van der Waals surface area (Å²) in [6.07, 6.45) is 3.37. The van der Waals surface area contributed by atoms with Crippen molar-refractivity contribution in [3.8, 4) is 17.2 Å². The maximum atomic E-state index is 13.3. The molecule has 0 spiro atoms. The predicted molar refractivity (Wildman–Crippen MR) is 96.5 cm³/mol. The second kappa shape index (κ2) is 9.33. The average Bonchev–Trinajstić information content (AvgIpc) is 2.64. The predicted octanol–water partition coefficient (Wildman–Crippen LogP) is 4.15. The molecule has 0 aliphatic heterocycles. The molecule has 2 aromatic carbocycles. The van der Waals surface area contributed by atoms with E-state index in [-0.39, 0.29) is 0 Å². The summed E-state index contributed by atoms with van der Waals surface area (Å²) in [7, 11) is 1.50. The van der Waals surface area contributed by atoms with Crippen LogP contribution in [0.3, 0.4) is 0 Å². The number of rotatable bonds is 8. The number of benzene rings is 2. The maximum Gasteiger partial charge on any atom is 0.336 e. The number of nitrogens with zero attached hydrogens (tertiary/aromatic N) is 1. The van der Waals surface area contributed by atoms with Gasteiger partial charge in [0.2, 0.25) is 5.75 Å². The van der Waals surface area contributed by atoms with E-state index in [1.807, 2.05) is 6.92 Å². The van der Waals surface area contributed by atoms with Crippen LogP contribution in [0.15, 0.2) is 42.5 Å². The molecule has 2 rings (SSSR count). The van der Waals surface area contributed by atoms with Crippen molar-refractivity contribution in [2.24, 2.45) is 0 Å². The Kier molecular flexibility index (Phi) is 6.87. The zero-order valence-corrected chi connectivity index (χ0v) is 14.8. The van der Waals surface area contributed by atoms with Crippen LogP contribution in [0.1, 0.15) is 18.9 Å². The van der Waals surface area contributed by atoms with Gasteiger partial charge in [-0.3, -0.25) is 10.1 Å². The molecule has 0 atom stereocenters. The van der Waals surface area contributed by atoms with Gasteiger partial charge < -0.3 is 14.2 Å². The molecule has 142 valence electrons. The van der Waals surface area contributed by atoms with E-state index in [1.165, 1.54) is 13.2 Å². The van der Waals surface area contributed by atoms with E-state index in [2.05, 4.69) is 0 Å². The standard InChI is InChI=1S/C19H18FNO6/c1-3-10-26-16-8-4-13(11-18(16)25-2)5-9-19(22)27-17-12-14(20)6-7-15(17)21(23)24/h4-9,11-12H,3,10H2,1-2H3. The van der Waals surface area contributed by atoms with Gasteiger partial charge >= 0.3 is 11.7 Å². The molecule has 7 nitrogen and oxygen atoms in total. The summed E-state index contributed by atoms with van der Waals surface area (Å²) >= 11 is 0. The fourth-order valence-corrected chi connectivity index (χ4v) is 2.15. The first-order chi connectivity index (χ1) is 12.9. The number of hydrogen-bond acceptors (Lipinski definition) is 6. The molecule has 0 aliphatic carbocycles. The number of methoxy groups -OCH3 is 1. The van der Waals surface area contributed by atoms with Crippen LogP contribution in [0.2, 0.25) is 0 Å². The molecule has 0 bridgehead atoms. The van der Waals surface area contributed by atoms with Crippen LogP contribution in [0.5, 0.6) is 17.2 Å². The highest BCUT2D eigenvalue weighted by molar-refractivity contribution is 5.89. The zero-order valence-electron chi connectivity index (χ0n) is 14.8. The van der Waals surface area contributed by atoms with E-state index in [9.17, 15) is 19.3 Å². The van der Waals surface area contributed by atoms with Crippen molar-refractivity contribution in [2.75, 3.05) is 13.7 Å². The molecule has 8 heteroatoms. The maximum absolute atomic E-state index is 13.3. The van der Waals surface area contributed by atoms with Gasteiger partial charge in [-0.05, 0) is 36.3 Å². The highest BCUT2D eigenvalue weighted by Gasteiger charge is 2.18. The van der Waals surface area contributed by atoms with Gasteiger partial charge in [0.15, 0.2) is 11.5 Å². The number of carbonyl (C=O) groups is 1. The first-order valence-corrected chi connectivity index (χ1v) is 8.09. The summed E-state index contributed by atoms with van der Waals surface area (Å²) in [5.74, 6) is -1.02. The number of esters is 1. The second-order valence-electron chi connectivity index (χ2n) is 5.38. The highest BCUT2D eigenvalue weighted by Crippen LogP contribution is 2.29. The van der Waals surface area contributed by atoms with Crippen LogP contribution < -0.4 is 14.2 Å². The topological polar surface area (TPSA) is 87.9 Å². The Balaban J connectivity index is 2.13. The lowest BCUT2D eigenvalue weighted by atomic mass is 10.2. The van der Waals surface area contributed by atoms with E-state index >= 15 is 0 Å². The summed E-state index contributed by atoms with van der Waals surface area (Å²) in [5.41, 5.74) is 0.124. The van der Waals surface area contributed by atoms with E-state index in [1.54, 1.807) is 18.2 Å². The van der Waals surface area contributed by atoms with Crippen molar-refractivity contribution in [2.45, 2.75) is 13.3 Å². The third kappa shape index (κ3) is 5.53. The number of nitro benzene ring substituents is 1. The first kappa shape index (κ1) is 19.9. The Morgan fingerprint density at radius 3 is 2.63 bits per heavy atom. The van der Waals surface area contributed by atoms with E-state index < -0.39 is 28.1 Å². The van der Waals surface area contributed by atoms with Gasteiger partial charge in [-0.1, -0.05) is 13.0 Å². The van der Waals surface area contributed by atoms with Gasteiger partial charge in [-0.25, -0.2) is 9.18 Å².